The zero-order valence-corrected chi connectivity index (χ0v) is 13.4. The van der Waals surface area contributed by atoms with Crippen molar-refractivity contribution in [3.8, 4) is 0 Å². The van der Waals surface area contributed by atoms with Crippen LogP contribution >= 0.6 is 11.8 Å². The molecular weight excluding hydrogens is 280 g/mol. The van der Waals surface area contributed by atoms with E-state index >= 15 is 0 Å². The van der Waals surface area contributed by atoms with Gasteiger partial charge >= 0.3 is 0 Å². The van der Waals surface area contributed by atoms with Crippen LogP contribution in [-0.4, -0.2) is 44.3 Å². The molecule has 1 atom stereocenters. The molecule has 4 nitrogen and oxygen atoms in total. The molecule has 2 aliphatic rings. The van der Waals surface area contributed by atoms with Crippen molar-refractivity contribution in [2.75, 3.05) is 18.6 Å². The van der Waals surface area contributed by atoms with Crippen molar-refractivity contribution >= 4 is 21.8 Å². The van der Waals surface area contributed by atoms with Gasteiger partial charge in [0.25, 0.3) is 0 Å². The smallest absolute Gasteiger partial charge is 0.213 e. The first-order valence-corrected chi connectivity index (χ1v) is 10.3. The third-order valence-electron chi connectivity index (χ3n) is 4.19. The Morgan fingerprint density at radius 2 is 1.89 bits per heavy atom. The van der Waals surface area contributed by atoms with E-state index in [4.69, 9.17) is 0 Å². The molecule has 0 radical (unpaired) electrons. The summed E-state index contributed by atoms with van der Waals surface area (Å²) in [5, 5.41) is 4.03. The van der Waals surface area contributed by atoms with E-state index in [0.29, 0.717) is 0 Å². The van der Waals surface area contributed by atoms with E-state index in [2.05, 4.69) is 16.3 Å². The number of hydrogen-bond donors (Lipinski definition) is 2. The van der Waals surface area contributed by atoms with Gasteiger partial charge in [-0.25, -0.2) is 13.1 Å². The molecule has 0 bridgehead atoms. The van der Waals surface area contributed by atoms with E-state index in [0.717, 1.165) is 50.3 Å². The Hall–Kier alpha value is 0.220. The summed E-state index contributed by atoms with van der Waals surface area (Å²) < 4.78 is 27.2. The molecule has 0 spiro atoms. The van der Waals surface area contributed by atoms with Gasteiger partial charge in [-0.1, -0.05) is 6.42 Å². The third-order valence-corrected chi connectivity index (χ3v) is 6.86. The average Bonchev–Trinajstić information content (AvgIpc) is 2.39. The van der Waals surface area contributed by atoms with Crippen LogP contribution in [0.2, 0.25) is 0 Å². The minimum absolute atomic E-state index is 0.147. The first kappa shape index (κ1) is 15.6. The van der Waals surface area contributed by atoms with Crippen LogP contribution in [0.3, 0.4) is 0 Å². The van der Waals surface area contributed by atoms with Crippen molar-refractivity contribution in [1.29, 1.82) is 0 Å². The van der Waals surface area contributed by atoms with Crippen LogP contribution in [0.1, 0.15) is 44.9 Å². The van der Waals surface area contributed by atoms with E-state index in [-0.39, 0.29) is 17.8 Å². The highest BCUT2D eigenvalue weighted by Crippen LogP contribution is 2.27. The number of rotatable bonds is 5. The summed E-state index contributed by atoms with van der Waals surface area (Å²) in [7, 11) is -3.12. The fourth-order valence-corrected chi connectivity index (χ4v) is 5.45. The predicted molar refractivity (Wildman–Crippen MR) is 82.1 cm³/mol. The Labute approximate surface area is 121 Å². The van der Waals surface area contributed by atoms with Gasteiger partial charge < -0.3 is 5.32 Å². The SMILES string of the molecule is CSC1CCC(NS(=O)(=O)CC2CCCCN2)CC1. The van der Waals surface area contributed by atoms with Gasteiger partial charge in [-0.15, -0.1) is 0 Å². The van der Waals surface area contributed by atoms with Crippen LogP contribution in [-0.2, 0) is 10.0 Å². The number of thioether (sulfide) groups is 1. The first-order valence-electron chi connectivity index (χ1n) is 7.35. The Kier molecular flexibility index (Phi) is 5.99. The zero-order chi connectivity index (χ0) is 13.7. The van der Waals surface area contributed by atoms with Crippen LogP contribution < -0.4 is 10.0 Å². The first-order chi connectivity index (χ1) is 9.09. The van der Waals surface area contributed by atoms with Crippen molar-refractivity contribution in [3.63, 3.8) is 0 Å². The Morgan fingerprint density at radius 1 is 1.16 bits per heavy atom. The van der Waals surface area contributed by atoms with Crippen LogP contribution in [0.15, 0.2) is 0 Å². The number of nitrogens with one attached hydrogen (secondary N) is 2. The van der Waals surface area contributed by atoms with E-state index < -0.39 is 10.0 Å². The monoisotopic (exact) mass is 306 g/mol. The summed E-state index contributed by atoms with van der Waals surface area (Å²) in [6.07, 6.45) is 9.69. The molecule has 1 unspecified atom stereocenters. The Balaban J connectivity index is 1.77. The lowest BCUT2D eigenvalue weighted by Crippen LogP contribution is -2.46. The van der Waals surface area contributed by atoms with E-state index in [1.54, 1.807) is 0 Å². The van der Waals surface area contributed by atoms with E-state index in [1.165, 1.54) is 6.42 Å². The Morgan fingerprint density at radius 3 is 2.47 bits per heavy atom. The van der Waals surface area contributed by atoms with Crippen molar-refractivity contribution in [3.05, 3.63) is 0 Å². The highest BCUT2D eigenvalue weighted by Gasteiger charge is 2.26. The third kappa shape index (κ3) is 5.25. The lowest BCUT2D eigenvalue weighted by Gasteiger charge is -2.29. The van der Waals surface area contributed by atoms with E-state index in [1.807, 2.05) is 11.8 Å². The molecule has 2 N–H and O–H groups in total. The minimum Gasteiger partial charge on any atom is -0.313 e. The second-order valence-electron chi connectivity index (χ2n) is 5.76. The topological polar surface area (TPSA) is 58.2 Å². The van der Waals surface area contributed by atoms with Crippen molar-refractivity contribution in [2.24, 2.45) is 0 Å². The lowest BCUT2D eigenvalue weighted by atomic mass is 9.96. The molecule has 112 valence electrons. The summed E-state index contributed by atoms with van der Waals surface area (Å²) in [6, 6.07) is 0.311. The van der Waals surface area contributed by atoms with Gasteiger partial charge in [0, 0.05) is 17.3 Å². The molecular formula is C13H26N2O2S2. The minimum atomic E-state index is -3.12. The molecule has 1 aliphatic heterocycles. The highest BCUT2D eigenvalue weighted by molar-refractivity contribution is 7.99. The van der Waals surface area contributed by atoms with Gasteiger partial charge in [0.2, 0.25) is 10.0 Å². The molecule has 1 aliphatic carbocycles. The maximum Gasteiger partial charge on any atom is 0.213 e. The normalized spacial score (nSPS) is 33.2. The van der Waals surface area contributed by atoms with Gasteiger partial charge in [0.1, 0.15) is 0 Å². The van der Waals surface area contributed by atoms with Crippen molar-refractivity contribution in [2.45, 2.75) is 62.3 Å². The molecule has 19 heavy (non-hydrogen) atoms. The average molecular weight is 306 g/mol. The van der Waals surface area contributed by atoms with Gasteiger partial charge in [-0.3, -0.25) is 0 Å². The summed E-state index contributed by atoms with van der Waals surface area (Å²) in [5.74, 6) is 0.245. The molecule has 1 heterocycles. The van der Waals surface area contributed by atoms with Crippen LogP contribution in [0.4, 0.5) is 0 Å². The van der Waals surface area contributed by atoms with Gasteiger partial charge in [-0.2, -0.15) is 11.8 Å². The summed E-state index contributed by atoms with van der Waals surface area (Å²) >= 11 is 1.91. The number of hydrogen-bond acceptors (Lipinski definition) is 4. The molecule has 1 saturated heterocycles. The fourth-order valence-electron chi connectivity index (χ4n) is 3.05. The highest BCUT2D eigenvalue weighted by atomic mass is 32.2. The summed E-state index contributed by atoms with van der Waals surface area (Å²) in [6.45, 7) is 0.957. The molecule has 1 saturated carbocycles. The van der Waals surface area contributed by atoms with Crippen molar-refractivity contribution in [1.82, 2.24) is 10.0 Å². The molecule has 0 aromatic heterocycles. The summed E-state index contributed by atoms with van der Waals surface area (Å²) in [5.41, 5.74) is 0. The maximum atomic E-state index is 12.2. The molecule has 2 rings (SSSR count). The fraction of sp³-hybridized carbons (Fsp3) is 1.00. The van der Waals surface area contributed by atoms with Crippen molar-refractivity contribution < 1.29 is 8.42 Å². The maximum absolute atomic E-state index is 12.2. The van der Waals surface area contributed by atoms with Gasteiger partial charge in [-0.05, 0) is 51.3 Å². The van der Waals surface area contributed by atoms with Crippen LogP contribution in [0.25, 0.3) is 0 Å². The largest absolute Gasteiger partial charge is 0.313 e. The molecule has 0 aromatic carbocycles. The molecule has 0 amide bonds. The van der Waals surface area contributed by atoms with Crippen LogP contribution in [0.5, 0.6) is 0 Å². The Bertz CT molecular complexity index is 359. The standard InChI is InChI=1S/C13H26N2O2S2/c1-18-13-7-5-11(6-8-13)15-19(16,17)10-12-4-2-3-9-14-12/h11-15H,2-10H2,1H3. The second kappa shape index (κ2) is 7.29. The number of piperidine rings is 1. The molecule has 6 heteroatoms. The van der Waals surface area contributed by atoms with Crippen LogP contribution in [0, 0.1) is 0 Å². The predicted octanol–water partition coefficient (Wildman–Crippen LogP) is 1.72. The van der Waals surface area contributed by atoms with E-state index in [9.17, 15) is 8.42 Å². The summed E-state index contributed by atoms with van der Waals surface area (Å²) in [4.78, 5) is 0. The molecule has 2 fully saturated rings. The van der Waals surface area contributed by atoms with Gasteiger partial charge in [0.05, 0.1) is 5.75 Å². The quantitative estimate of drug-likeness (QED) is 0.812. The molecule has 0 aromatic rings. The zero-order valence-electron chi connectivity index (χ0n) is 11.7. The second-order valence-corrected chi connectivity index (χ2v) is 8.69. The van der Waals surface area contributed by atoms with Gasteiger partial charge in [0.15, 0.2) is 0 Å². The lowest BCUT2D eigenvalue weighted by molar-refractivity contribution is 0.406. The number of sulfonamides is 1.